The second kappa shape index (κ2) is 3.77. The zero-order chi connectivity index (χ0) is 10.9. The maximum absolute atomic E-state index is 11.1. The highest BCUT2D eigenvalue weighted by Crippen LogP contribution is 2.29. The summed E-state index contributed by atoms with van der Waals surface area (Å²) in [6, 6.07) is 1.91. The van der Waals surface area contributed by atoms with Crippen LogP contribution < -0.4 is 0 Å². The molecule has 1 aliphatic rings. The molecule has 1 saturated carbocycles. The van der Waals surface area contributed by atoms with E-state index in [2.05, 4.69) is 5.10 Å². The van der Waals surface area contributed by atoms with Gasteiger partial charge in [0.25, 0.3) is 0 Å². The molecule has 2 rings (SSSR count). The summed E-state index contributed by atoms with van der Waals surface area (Å²) in [7, 11) is 1.86. The second-order valence-corrected chi connectivity index (χ2v) is 4.42. The molecule has 1 aromatic heterocycles. The van der Waals surface area contributed by atoms with Crippen LogP contribution in [0.25, 0.3) is 0 Å². The standard InChI is InChI=1S/C11H16N2O2/c1-13-7-4-9(12-13)8-11(15)5-2-10(14)3-6-11/h4,7,15H,2-3,5-6,8H2,1H3. The van der Waals surface area contributed by atoms with Crippen LogP contribution in [-0.4, -0.2) is 26.3 Å². The molecule has 0 amide bonds. The Morgan fingerprint density at radius 1 is 1.53 bits per heavy atom. The Morgan fingerprint density at radius 2 is 2.20 bits per heavy atom. The monoisotopic (exact) mass is 208 g/mol. The number of nitrogens with zero attached hydrogens (tertiary/aromatic N) is 2. The summed E-state index contributed by atoms with van der Waals surface area (Å²) in [4.78, 5) is 11.1. The van der Waals surface area contributed by atoms with Gasteiger partial charge < -0.3 is 5.11 Å². The molecular formula is C11H16N2O2. The van der Waals surface area contributed by atoms with E-state index < -0.39 is 5.60 Å². The average Bonchev–Trinajstić information content (AvgIpc) is 2.57. The van der Waals surface area contributed by atoms with Gasteiger partial charge in [0.15, 0.2) is 0 Å². The molecule has 15 heavy (non-hydrogen) atoms. The first-order valence-corrected chi connectivity index (χ1v) is 5.30. The van der Waals surface area contributed by atoms with Gasteiger partial charge in [0.2, 0.25) is 0 Å². The molecule has 1 N–H and O–H groups in total. The number of carbonyl (C=O) groups excluding carboxylic acids is 1. The van der Waals surface area contributed by atoms with Crippen LogP contribution in [0.2, 0.25) is 0 Å². The third-order valence-electron chi connectivity index (χ3n) is 3.02. The number of carbonyl (C=O) groups is 1. The van der Waals surface area contributed by atoms with Crippen molar-refractivity contribution in [2.75, 3.05) is 0 Å². The molecule has 82 valence electrons. The first kappa shape index (κ1) is 10.4. The van der Waals surface area contributed by atoms with Crippen LogP contribution in [0, 0.1) is 0 Å². The lowest BCUT2D eigenvalue weighted by atomic mass is 9.81. The molecule has 0 radical (unpaired) electrons. The first-order chi connectivity index (χ1) is 7.07. The molecule has 4 nitrogen and oxygen atoms in total. The summed E-state index contributed by atoms with van der Waals surface area (Å²) in [6.45, 7) is 0. The van der Waals surface area contributed by atoms with Gasteiger partial charge in [0.1, 0.15) is 5.78 Å². The summed E-state index contributed by atoms with van der Waals surface area (Å²) in [6.07, 6.45) is 4.57. The number of aliphatic hydroxyl groups is 1. The molecule has 0 saturated heterocycles. The first-order valence-electron chi connectivity index (χ1n) is 5.30. The highest BCUT2D eigenvalue weighted by Gasteiger charge is 2.32. The Morgan fingerprint density at radius 3 is 2.73 bits per heavy atom. The lowest BCUT2D eigenvalue weighted by molar-refractivity contribution is -0.125. The Hall–Kier alpha value is -1.16. The fourth-order valence-corrected chi connectivity index (χ4v) is 2.07. The second-order valence-electron chi connectivity index (χ2n) is 4.42. The van der Waals surface area contributed by atoms with Crippen LogP contribution in [0.3, 0.4) is 0 Å². The van der Waals surface area contributed by atoms with Crippen molar-refractivity contribution in [3.05, 3.63) is 18.0 Å². The third-order valence-corrected chi connectivity index (χ3v) is 3.02. The molecule has 0 bridgehead atoms. The van der Waals surface area contributed by atoms with E-state index in [0.29, 0.717) is 32.1 Å². The van der Waals surface area contributed by atoms with Crippen molar-refractivity contribution in [1.29, 1.82) is 0 Å². The maximum atomic E-state index is 11.1. The molecular weight excluding hydrogens is 192 g/mol. The summed E-state index contributed by atoms with van der Waals surface area (Å²) < 4.78 is 1.73. The smallest absolute Gasteiger partial charge is 0.133 e. The number of aromatic nitrogens is 2. The Labute approximate surface area is 88.9 Å². The fraction of sp³-hybridized carbons (Fsp3) is 0.636. The van der Waals surface area contributed by atoms with E-state index in [0.717, 1.165) is 5.69 Å². The van der Waals surface area contributed by atoms with Gasteiger partial charge in [0, 0.05) is 32.5 Å². The van der Waals surface area contributed by atoms with Crippen molar-refractivity contribution in [2.45, 2.75) is 37.7 Å². The minimum absolute atomic E-state index is 0.265. The maximum Gasteiger partial charge on any atom is 0.133 e. The molecule has 1 aliphatic carbocycles. The van der Waals surface area contributed by atoms with Gasteiger partial charge in [0.05, 0.1) is 11.3 Å². The van der Waals surface area contributed by atoms with Crippen molar-refractivity contribution < 1.29 is 9.90 Å². The Bertz CT molecular complexity index is 360. The molecule has 1 fully saturated rings. The van der Waals surface area contributed by atoms with E-state index in [9.17, 15) is 9.90 Å². The van der Waals surface area contributed by atoms with E-state index in [1.54, 1.807) is 4.68 Å². The predicted octanol–water partition coefficient (Wildman–Crippen LogP) is 0.837. The average molecular weight is 208 g/mol. The van der Waals surface area contributed by atoms with Crippen LogP contribution in [0.15, 0.2) is 12.3 Å². The number of hydrogen-bond acceptors (Lipinski definition) is 3. The van der Waals surface area contributed by atoms with Crippen molar-refractivity contribution in [3.8, 4) is 0 Å². The number of aryl methyl sites for hydroxylation is 1. The van der Waals surface area contributed by atoms with Crippen LogP contribution in [-0.2, 0) is 18.3 Å². The van der Waals surface area contributed by atoms with Gasteiger partial charge in [-0.15, -0.1) is 0 Å². The van der Waals surface area contributed by atoms with E-state index >= 15 is 0 Å². The van der Waals surface area contributed by atoms with E-state index in [4.69, 9.17) is 0 Å². The number of hydrogen-bond donors (Lipinski definition) is 1. The molecule has 1 aromatic rings. The van der Waals surface area contributed by atoms with E-state index in [1.165, 1.54) is 0 Å². The fourth-order valence-electron chi connectivity index (χ4n) is 2.07. The van der Waals surface area contributed by atoms with E-state index in [-0.39, 0.29) is 5.78 Å². The molecule has 0 unspecified atom stereocenters. The van der Waals surface area contributed by atoms with Gasteiger partial charge in [-0.3, -0.25) is 9.48 Å². The van der Waals surface area contributed by atoms with Crippen LogP contribution in [0.5, 0.6) is 0 Å². The summed E-state index contributed by atoms with van der Waals surface area (Å²) >= 11 is 0. The number of Topliss-reactive ketones (excluding diaryl/α,β-unsaturated/α-hetero) is 1. The molecule has 0 atom stereocenters. The molecule has 4 heteroatoms. The van der Waals surface area contributed by atoms with Crippen molar-refractivity contribution in [1.82, 2.24) is 9.78 Å². The molecule has 0 spiro atoms. The van der Waals surface area contributed by atoms with Crippen LogP contribution in [0.4, 0.5) is 0 Å². The predicted molar refractivity (Wildman–Crippen MR) is 55.3 cm³/mol. The van der Waals surface area contributed by atoms with Crippen molar-refractivity contribution in [3.63, 3.8) is 0 Å². The highest BCUT2D eigenvalue weighted by molar-refractivity contribution is 5.79. The quantitative estimate of drug-likeness (QED) is 0.783. The molecule has 0 aliphatic heterocycles. The SMILES string of the molecule is Cn1ccc(CC2(O)CCC(=O)CC2)n1. The normalized spacial score (nSPS) is 20.5. The zero-order valence-electron chi connectivity index (χ0n) is 8.94. The van der Waals surface area contributed by atoms with Gasteiger partial charge in [-0.2, -0.15) is 5.10 Å². The summed E-state index contributed by atoms with van der Waals surface area (Å²) in [5.74, 6) is 0.265. The van der Waals surface area contributed by atoms with Crippen molar-refractivity contribution in [2.24, 2.45) is 7.05 Å². The minimum Gasteiger partial charge on any atom is -0.389 e. The molecule has 1 heterocycles. The number of rotatable bonds is 2. The van der Waals surface area contributed by atoms with Crippen molar-refractivity contribution >= 4 is 5.78 Å². The lowest BCUT2D eigenvalue weighted by Crippen LogP contribution is -2.36. The molecule has 0 aromatic carbocycles. The number of ketones is 1. The lowest BCUT2D eigenvalue weighted by Gasteiger charge is -2.30. The minimum atomic E-state index is -0.720. The zero-order valence-corrected chi connectivity index (χ0v) is 8.94. The third kappa shape index (κ3) is 2.45. The van der Waals surface area contributed by atoms with Crippen LogP contribution >= 0.6 is 0 Å². The summed E-state index contributed by atoms with van der Waals surface area (Å²) in [5, 5.41) is 14.5. The summed E-state index contributed by atoms with van der Waals surface area (Å²) in [5.41, 5.74) is 0.178. The topological polar surface area (TPSA) is 55.1 Å². The van der Waals surface area contributed by atoms with E-state index in [1.807, 2.05) is 19.3 Å². The highest BCUT2D eigenvalue weighted by atomic mass is 16.3. The van der Waals surface area contributed by atoms with Gasteiger partial charge in [-0.25, -0.2) is 0 Å². The van der Waals surface area contributed by atoms with Crippen LogP contribution in [0.1, 0.15) is 31.4 Å². The Balaban J connectivity index is 2.01. The van der Waals surface area contributed by atoms with Gasteiger partial charge in [-0.1, -0.05) is 0 Å². The largest absolute Gasteiger partial charge is 0.389 e. The van der Waals surface area contributed by atoms with Gasteiger partial charge in [-0.05, 0) is 18.9 Å². The Kier molecular flexibility index (Phi) is 2.61. The van der Waals surface area contributed by atoms with Gasteiger partial charge >= 0.3 is 0 Å².